The number of hydrogen-bond donors (Lipinski definition) is 4. The van der Waals surface area contributed by atoms with Crippen LogP contribution in [0.5, 0.6) is 17.2 Å². The molecule has 0 bridgehead atoms. The van der Waals surface area contributed by atoms with Gasteiger partial charge < -0.3 is 24.8 Å². The molecule has 0 aliphatic carbocycles. The molecule has 1 heterocycles. The molecule has 0 aliphatic heterocycles. The van der Waals surface area contributed by atoms with Crippen LogP contribution in [-0.2, 0) is 11.5 Å². The summed E-state index contributed by atoms with van der Waals surface area (Å²) >= 11 is 0. The fraction of sp³-hybridized carbons (Fsp3) is 0.154. The van der Waals surface area contributed by atoms with Crippen molar-refractivity contribution in [1.29, 1.82) is 0 Å². The molecule has 4 N–H and O–H groups in total. The van der Waals surface area contributed by atoms with Gasteiger partial charge in [0.25, 0.3) is 0 Å². The average molecular weight is 507 g/mol. The van der Waals surface area contributed by atoms with Crippen LogP contribution < -0.4 is 35.8 Å². The number of rotatable bonds is 12. The molecule has 4 rings (SSSR count). The summed E-state index contributed by atoms with van der Waals surface area (Å²) < 4.78 is 30.6. The highest BCUT2D eigenvalue weighted by Gasteiger charge is 2.15. The van der Waals surface area contributed by atoms with Crippen LogP contribution in [0.4, 0.5) is 33.2 Å². The van der Waals surface area contributed by atoms with Crippen LogP contribution in [0.2, 0.25) is 0 Å². The molecule has 0 saturated heterocycles. The summed E-state index contributed by atoms with van der Waals surface area (Å²) in [5, 5.41) is 6.00. The lowest BCUT2D eigenvalue weighted by atomic mass is 10.2. The van der Waals surface area contributed by atoms with E-state index in [4.69, 9.17) is 19.1 Å². The predicted octanol–water partition coefficient (Wildman–Crippen LogP) is 5.18. The van der Waals surface area contributed by atoms with Gasteiger partial charge in [0, 0.05) is 30.1 Å². The van der Waals surface area contributed by atoms with Gasteiger partial charge in [-0.2, -0.15) is 15.4 Å². The first kappa shape index (κ1) is 25.5. The molecule has 0 saturated carbocycles. The third-order valence-corrected chi connectivity index (χ3v) is 5.15. The number of benzene rings is 3. The van der Waals surface area contributed by atoms with E-state index in [9.17, 15) is 4.39 Å². The minimum atomic E-state index is -0.616. The second-order valence-electron chi connectivity index (χ2n) is 7.65. The van der Waals surface area contributed by atoms with E-state index in [0.29, 0.717) is 40.9 Å². The zero-order chi connectivity index (χ0) is 26.0. The summed E-state index contributed by atoms with van der Waals surface area (Å²) in [6.07, 6.45) is 1.08. The standard InChI is InChI=1S/C26H27FN6O4/c1-34-22-13-20(14-23(35-2)24(22)36-3)31-26-28-16-21(27)25(32-26)30-18-10-7-11-19(12-18)33-37-29-15-17-8-5-4-6-9-17/h4-14,16,29,33H,15H2,1-3H3,(H2,28,30,31,32). The molecule has 0 atom stereocenters. The number of halogens is 1. The Bertz CT molecular complexity index is 1300. The highest BCUT2D eigenvalue weighted by molar-refractivity contribution is 5.67. The number of nitrogens with zero attached hydrogens (tertiary/aromatic N) is 2. The van der Waals surface area contributed by atoms with E-state index < -0.39 is 5.82 Å². The minimum Gasteiger partial charge on any atom is -0.493 e. The van der Waals surface area contributed by atoms with Crippen LogP contribution >= 0.6 is 0 Å². The van der Waals surface area contributed by atoms with Gasteiger partial charge >= 0.3 is 0 Å². The van der Waals surface area contributed by atoms with Gasteiger partial charge in [-0.25, -0.2) is 14.9 Å². The first-order valence-electron chi connectivity index (χ1n) is 11.2. The molecule has 10 nitrogen and oxygen atoms in total. The Morgan fingerprint density at radius 2 is 1.51 bits per heavy atom. The summed E-state index contributed by atoms with van der Waals surface area (Å²) in [6.45, 7) is 0.527. The van der Waals surface area contributed by atoms with Crippen molar-refractivity contribution in [3.63, 3.8) is 0 Å². The summed E-state index contributed by atoms with van der Waals surface area (Å²) in [5.41, 5.74) is 8.53. The zero-order valence-corrected chi connectivity index (χ0v) is 20.5. The molecule has 37 heavy (non-hydrogen) atoms. The number of aromatic nitrogens is 2. The number of nitrogens with one attached hydrogen (secondary N) is 4. The van der Waals surface area contributed by atoms with Gasteiger partial charge in [0.1, 0.15) is 0 Å². The Kier molecular flexibility index (Phi) is 8.53. The van der Waals surface area contributed by atoms with E-state index in [-0.39, 0.29) is 11.8 Å². The topological polar surface area (TPSA) is 111 Å². The van der Waals surface area contributed by atoms with E-state index in [2.05, 4.69) is 31.6 Å². The maximum Gasteiger partial charge on any atom is 0.229 e. The summed E-state index contributed by atoms with van der Waals surface area (Å²) in [7, 11) is 4.56. The third kappa shape index (κ3) is 6.75. The predicted molar refractivity (Wildman–Crippen MR) is 139 cm³/mol. The van der Waals surface area contributed by atoms with Crippen LogP contribution in [0.15, 0.2) is 72.9 Å². The number of anilines is 5. The van der Waals surface area contributed by atoms with Gasteiger partial charge in [0.15, 0.2) is 23.1 Å². The van der Waals surface area contributed by atoms with Gasteiger partial charge in [0.2, 0.25) is 11.7 Å². The molecular formula is C26H27FN6O4. The van der Waals surface area contributed by atoms with Gasteiger partial charge in [-0.05, 0) is 23.8 Å². The van der Waals surface area contributed by atoms with Crippen LogP contribution in [0.25, 0.3) is 0 Å². The molecule has 0 radical (unpaired) electrons. The molecule has 0 spiro atoms. The van der Waals surface area contributed by atoms with E-state index in [1.165, 1.54) is 21.3 Å². The van der Waals surface area contributed by atoms with Crippen LogP contribution in [-0.4, -0.2) is 31.3 Å². The molecule has 192 valence electrons. The summed E-state index contributed by atoms with van der Waals surface area (Å²) in [5.74, 6) is 0.899. The molecular weight excluding hydrogens is 479 g/mol. The monoisotopic (exact) mass is 506 g/mol. The average Bonchev–Trinajstić information content (AvgIpc) is 2.93. The van der Waals surface area contributed by atoms with Gasteiger partial charge in [0.05, 0.1) is 33.2 Å². The van der Waals surface area contributed by atoms with Crippen molar-refractivity contribution in [2.45, 2.75) is 6.54 Å². The maximum absolute atomic E-state index is 14.5. The quantitative estimate of drug-likeness (QED) is 0.152. The molecule has 0 amide bonds. The molecule has 11 heteroatoms. The molecule has 0 unspecified atom stereocenters. The Labute approximate surface area is 213 Å². The van der Waals surface area contributed by atoms with E-state index >= 15 is 0 Å². The van der Waals surface area contributed by atoms with Crippen LogP contribution in [0, 0.1) is 5.82 Å². The third-order valence-electron chi connectivity index (χ3n) is 5.15. The number of methoxy groups -OCH3 is 3. The number of hydrogen-bond acceptors (Lipinski definition) is 10. The fourth-order valence-electron chi connectivity index (χ4n) is 3.40. The van der Waals surface area contributed by atoms with Crippen molar-refractivity contribution in [3.8, 4) is 17.2 Å². The van der Waals surface area contributed by atoms with Gasteiger partial charge in [-0.3, -0.25) is 0 Å². The first-order valence-corrected chi connectivity index (χ1v) is 11.2. The smallest absolute Gasteiger partial charge is 0.229 e. The molecule has 3 aromatic carbocycles. The highest BCUT2D eigenvalue weighted by atomic mass is 19.1. The van der Waals surface area contributed by atoms with Crippen LogP contribution in [0.1, 0.15) is 5.56 Å². The van der Waals surface area contributed by atoms with Crippen molar-refractivity contribution in [2.24, 2.45) is 0 Å². The van der Waals surface area contributed by atoms with Crippen molar-refractivity contribution < 1.29 is 23.5 Å². The second kappa shape index (κ2) is 12.4. The van der Waals surface area contributed by atoms with E-state index in [0.717, 1.165) is 11.8 Å². The Morgan fingerprint density at radius 3 is 2.22 bits per heavy atom. The Morgan fingerprint density at radius 1 is 0.784 bits per heavy atom. The number of ether oxygens (including phenoxy) is 3. The lowest BCUT2D eigenvalue weighted by molar-refractivity contribution is 0.0837. The lowest BCUT2D eigenvalue weighted by Crippen LogP contribution is -2.18. The van der Waals surface area contributed by atoms with Crippen molar-refractivity contribution in [3.05, 3.63) is 84.3 Å². The maximum atomic E-state index is 14.5. The van der Waals surface area contributed by atoms with Gasteiger partial charge in [-0.1, -0.05) is 36.4 Å². The lowest BCUT2D eigenvalue weighted by Gasteiger charge is -2.15. The van der Waals surface area contributed by atoms with Crippen molar-refractivity contribution >= 4 is 28.8 Å². The summed E-state index contributed by atoms with van der Waals surface area (Å²) in [6, 6.07) is 20.4. The van der Waals surface area contributed by atoms with E-state index in [1.807, 2.05) is 36.4 Å². The first-order chi connectivity index (χ1) is 18.1. The molecule has 4 aromatic rings. The summed E-state index contributed by atoms with van der Waals surface area (Å²) in [4.78, 5) is 13.6. The second-order valence-corrected chi connectivity index (χ2v) is 7.65. The SMILES string of the molecule is COc1cc(Nc2ncc(F)c(Nc3cccc(NONCc4ccccc4)c3)n2)cc(OC)c1OC. The molecule has 0 aliphatic rings. The molecule has 1 aromatic heterocycles. The van der Waals surface area contributed by atoms with Crippen LogP contribution in [0.3, 0.4) is 0 Å². The Balaban J connectivity index is 1.42. The fourth-order valence-corrected chi connectivity index (χ4v) is 3.40. The molecule has 0 fully saturated rings. The van der Waals surface area contributed by atoms with E-state index in [1.54, 1.807) is 30.3 Å². The van der Waals surface area contributed by atoms with Gasteiger partial charge in [-0.15, -0.1) is 0 Å². The normalized spacial score (nSPS) is 10.5. The number of hydroxylamine groups is 1. The van der Waals surface area contributed by atoms with Crippen molar-refractivity contribution in [1.82, 2.24) is 15.4 Å². The van der Waals surface area contributed by atoms with Crippen molar-refractivity contribution in [2.75, 3.05) is 37.4 Å². The minimum absolute atomic E-state index is 0.00906. The highest BCUT2D eigenvalue weighted by Crippen LogP contribution is 2.40. The zero-order valence-electron chi connectivity index (χ0n) is 20.5. The Hall–Kier alpha value is -4.61. The largest absolute Gasteiger partial charge is 0.493 e.